The molecule has 0 aromatic heterocycles. The minimum atomic E-state index is -0.0266. The highest BCUT2D eigenvalue weighted by Crippen LogP contribution is 2.31. The summed E-state index contributed by atoms with van der Waals surface area (Å²) in [5.41, 5.74) is 0.763. The Morgan fingerprint density at radius 1 is 1.33 bits per heavy atom. The second-order valence-electron chi connectivity index (χ2n) is 2.82. The van der Waals surface area contributed by atoms with Crippen LogP contribution in [0.2, 0.25) is 10.0 Å². The largest absolute Gasteiger partial charge is 0.492 e. The van der Waals surface area contributed by atoms with E-state index in [9.17, 15) is 0 Å². The van der Waals surface area contributed by atoms with Crippen LogP contribution in [0, 0.1) is 0 Å². The lowest BCUT2D eigenvalue weighted by molar-refractivity contribution is 0.340. The van der Waals surface area contributed by atoms with Crippen molar-refractivity contribution in [3.8, 4) is 5.75 Å². The summed E-state index contributed by atoms with van der Waals surface area (Å²) in [4.78, 5) is 0. The summed E-state index contributed by atoms with van der Waals surface area (Å²) in [7, 11) is 0. The molecule has 0 saturated heterocycles. The van der Waals surface area contributed by atoms with Crippen LogP contribution < -0.4 is 4.74 Å². The first-order chi connectivity index (χ1) is 7.19. The second kappa shape index (κ2) is 6.01. The minimum Gasteiger partial charge on any atom is -0.492 e. The van der Waals surface area contributed by atoms with E-state index in [0.717, 1.165) is 5.56 Å². The van der Waals surface area contributed by atoms with Gasteiger partial charge in [0.25, 0.3) is 0 Å². The van der Waals surface area contributed by atoms with Gasteiger partial charge in [-0.3, -0.25) is 0 Å². The van der Waals surface area contributed by atoms with Gasteiger partial charge in [0.05, 0.1) is 23.3 Å². The fourth-order valence-corrected chi connectivity index (χ4v) is 1.56. The standard InChI is InChI=1S/C11H12Cl2O2/c1-2-15-11-7-9(12)8(4-3-5-14)6-10(11)13/h3-4,6-7,14H,2,5H2,1H3/b4-3+. The van der Waals surface area contributed by atoms with Crippen LogP contribution in [-0.4, -0.2) is 18.3 Å². The molecule has 82 valence electrons. The van der Waals surface area contributed by atoms with E-state index in [4.69, 9.17) is 33.0 Å². The molecule has 0 spiro atoms. The number of halogens is 2. The Balaban J connectivity index is 3.02. The highest BCUT2D eigenvalue weighted by atomic mass is 35.5. The van der Waals surface area contributed by atoms with Gasteiger partial charge in [0.2, 0.25) is 0 Å². The average molecular weight is 247 g/mol. The summed E-state index contributed by atoms with van der Waals surface area (Å²) < 4.78 is 5.29. The van der Waals surface area contributed by atoms with Gasteiger partial charge >= 0.3 is 0 Å². The van der Waals surface area contributed by atoms with Crippen molar-refractivity contribution in [3.63, 3.8) is 0 Å². The molecule has 1 rings (SSSR count). The number of ether oxygens (including phenoxy) is 1. The Bertz CT molecular complexity index is 362. The summed E-state index contributed by atoms with van der Waals surface area (Å²) in [6.45, 7) is 2.40. The molecule has 4 heteroatoms. The fourth-order valence-electron chi connectivity index (χ4n) is 1.12. The molecule has 0 heterocycles. The van der Waals surface area contributed by atoms with E-state index in [-0.39, 0.29) is 6.61 Å². The van der Waals surface area contributed by atoms with Crippen molar-refractivity contribution < 1.29 is 9.84 Å². The van der Waals surface area contributed by atoms with E-state index < -0.39 is 0 Å². The number of rotatable bonds is 4. The molecule has 0 unspecified atom stereocenters. The SMILES string of the molecule is CCOc1cc(Cl)c(/C=C/CO)cc1Cl. The van der Waals surface area contributed by atoms with Gasteiger partial charge in [0, 0.05) is 6.07 Å². The molecule has 2 nitrogen and oxygen atoms in total. The highest BCUT2D eigenvalue weighted by Gasteiger charge is 2.05. The predicted octanol–water partition coefficient (Wildman–Crippen LogP) is 3.40. The Morgan fingerprint density at radius 2 is 2.07 bits per heavy atom. The summed E-state index contributed by atoms with van der Waals surface area (Å²) in [6.07, 6.45) is 3.31. The first-order valence-electron chi connectivity index (χ1n) is 4.58. The van der Waals surface area contributed by atoms with Gasteiger partial charge in [-0.15, -0.1) is 0 Å². The molecule has 0 radical (unpaired) electrons. The zero-order chi connectivity index (χ0) is 11.3. The van der Waals surface area contributed by atoms with Crippen LogP contribution in [0.4, 0.5) is 0 Å². The van der Waals surface area contributed by atoms with E-state index in [2.05, 4.69) is 0 Å². The van der Waals surface area contributed by atoms with Gasteiger partial charge in [-0.25, -0.2) is 0 Å². The van der Waals surface area contributed by atoms with Crippen LogP contribution >= 0.6 is 23.2 Å². The monoisotopic (exact) mass is 246 g/mol. The lowest BCUT2D eigenvalue weighted by Gasteiger charge is -2.07. The van der Waals surface area contributed by atoms with Gasteiger partial charge < -0.3 is 9.84 Å². The van der Waals surface area contributed by atoms with Crippen LogP contribution in [0.5, 0.6) is 5.75 Å². The van der Waals surface area contributed by atoms with Gasteiger partial charge in [0.15, 0.2) is 0 Å². The number of aliphatic hydroxyl groups is 1. The first-order valence-corrected chi connectivity index (χ1v) is 5.33. The van der Waals surface area contributed by atoms with Crippen molar-refractivity contribution in [1.82, 2.24) is 0 Å². The lowest BCUT2D eigenvalue weighted by Crippen LogP contribution is -1.92. The summed E-state index contributed by atoms with van der Waals surface area (Å²) >= 11 is 12.0. The average Bonchev–Trinajstić information content (AvgIpc) is 2.21. The van der Waals surface area contributed by atoms with Gasteiger partial charge in [-0.05, 0) is 18.6 Å². The van der Waals surface area contributed by atoms with Crippen molar-refractivity contribution in [3.05, 3.63) is 33.8 Å². The normalized spacial score (nSPS) is 10.9. The van der Waals surface area contributed by atoms with Crippen LogP contribution in [0.25, 0.3) is 6.08 Å². The van der Waals surface area contributed by atoms with E-state index >= 15 is 0 Å². The maximum absolute atomic E-state index is 8.64. The van der Waals surface area contributed by atoms with Crippen molar-refractivity contribution in [2.75, 3.05) is 13.2 Å². The molecule has 0 aliphatic rings. The Morgan fingerprint density at radius 3 is 2.67 bits per heavy atom. The van der Waals surface area contributed by atoms with Gasteiger partial charge in [0.1, 0.15) is 5.75 Å². The third kappa shape index (κ3) is 3.42. The highest BCUT2D eigenvalue weighted by molar-refractivity contribution is 6.35. The van der Waals surface area contributed by atoms with Gasteiger partial charge in [-0.1, -0.05) is 35.4 Å². The summed E-state index contributed by atoms with van der Waals surface area (Å²) in [6, 6.07) is 3.38. The molecule has 0 atom stereocenters. The zero-order valence-electron chi connectivity index (χ0n) is 8.34. The maximum atomic E-state index is 8.64. The van der Waals surface area contributed by atoms with E-state index in [0.29, 0.717) is 22.4 Å². The van der Waals surface area contributed by atoms with Crippen LogP contribution in [0.1, 0.15) is 12.5 Å². The van der Waals surface area contributed by atoms with Crippen molar-refractivity contribution >= 4 is 29.3 Å². The second-order valence-corrected chi connectivity index (χ2v) is 3.64. The molecule has 0 aliphatic carbocycles. The molecule has 0 aliphatic heterocycles. The molecule has 1 aromatic rings. The number of hydrogen-bond acceptors (Lipinski definition) is 2. The summed E-state index contributed by atoms with van der Waals surface area (Å²) in [5.74, 6) is 0.574. The molecule has 0 amide bonds. The van der Waals surface area contributed by atoms with Crippen molar-refractivity contribution in [2.45, 2.75) is 6.92 Å². The smallest absolute Gasteiger partial charge is 0.139 e. The molecule has 1 N–H and O–H groups in total. The Labute approximate surface area is 99.1 Å². The zero-order valence-corrected chi connectivity index (χ0v) is 9.85. The number of aliphatic hydroxyl groups excluding tert-OH is 1. The van der Waals surface area contributed by atoms with Crippen molar-refractivity contribution in [2.24, 2.45) is 0 Å². The van der Waals surface area contributed by atoms with Crippen LogP contribution in [0.3, 0.4) is 0 Å². The molecule has 15 heavy (non-hydrogen) atoms. The predicted molar refractivity (Wildman–Crippen MR) is 63.8 cm³/mol. The lowest BCUT2D eigenvalue weighted by atomic mass is 10.2. The minimum absolute atomic E-state index is 0.0266. The van der Waals surface area contributed by atoms with Crippen molar-refractivity contribution in [1.29, 1.82) is 0 Å². The van der Waals surface area contributed by atoms with Crippen LogP contribution in [0.15, 0.2) is 18.2 Å². The fraction of sp³-hybridized carbons (Fsp3) is 0.273. The third-order valence-corrected chi connectivity index (χ3v) is 2.38. The Kier molecular flexibility index (Phi) is 4.95. The third-order valence-electron chi connectivity index (χ3n) is 1.75. The Hall–Kier alpha value is -0.700. The quantitative estimate of drug-likeness (QED) is 0.883. The number of benzene rings is 1. The van der Waals surface area contributed by atoms with E-state index in [1.165, 1.54) is 0 Å². The summed E-state index contributed by atoms with van der Waals surface area (Å²) in [5, 5.41) is 9.70. The van der Waals surface area contributed by atoms with E-state index in [1.54, 1.807) is 24.3 Å². The topological polar surface area (TPSA) is 29.5 Å². The molecule has 1 aromatic carbocycles. The van der Waals surface area contributed by atoms with E-state index in [1.807, 2.05) is 6.92 Å². The number of hydrogen-bond donors (Lipinski definition) is 1. The van der Waals surface area contributed by atoms with Crippen LogP contribution in [-0.2, 0) is 0 Å². The molecule has 0 fully saturated rings. The molecule has 0 saturated carbocycles. The first kappa shape index (κ1) is 12.4. The molecule has 0 bridgehead atoms. The molecular weight excluding hydrogens is 235 g/mol. The molecular formula is C11H12Cl2O2. The maximum Gasteiger partial charge on any atom is 0.139 e. The van der Waals surface area contributed by atoms with Gasteiger partial charge in [-0.2, -0.15) is 0 Å².